The molecule has 0 aliphatic heterocycles. The third-order valence-corrected chi connectivity index (χ3v) is 2.92. The lowest BCUT2D eigenvalue weighted by Crippen LogP contribution is -1.99. The Labute approximate surface area is 104 Å². The van der Waals surface area contributed by atoms with Crippen molar-refractivity contribution in [1.82, 2.24) is 9.38 Å². The van der Waals surface area contributed by atoms with Crippen LogP contribution in [0.1, 0.15) is 5.56 Å². The van der Waals surface area contributed by atoms with E-state index >= 15 is 0 Å². The largest absolute Gasteiger partial charge is 0.326 e. The molecule has 0 bridgehead atoms. The lowest BCUT2D eigenvalue weighted by atomic mass is 10.2. The molecule has 0 fully saturated rings. The molecule has 2 heterocycles. The van der Waals surface area contributed by atoms with Crippen molar-refractivity contribution in [3.8, 4) is 11.3 Å². The maximum atomic E-state index is 12.9. The number of fused-ring (bicyclic) bond motifs is 1. The van der Waals surface area contributed by atoms with E-state index in [0.717, 1.165) is 22.5 Å². The Hall–Kier alpha value is -2.20. The van der Waals surface area contributed by atoms with Crippen LogP contribution in [0.2, 0.25) is 0 Å². The lowest BCUT2D eigenvalue weighted by Gasteiger charge is -1.97. The highest BCUT2D eigenvalue weighted by Gasteiger charge is 2.07. The zero-order valence-corrected chi connectivity index (χ0v) is 9.68. The highest BCUT2D eigenvalue weighted by molar-refractivity contribution is 5.64. The van der Waals surface area contributed by atoms with E-state index in [1.54, 1.807) is 12.1 Å². The van der Waals surface area contributed by atoms with E-state index in [-0.39, 0.29) is 5.82 Å². The SMILES string of the molecule is NCc1cccn2cc(-c3ccc(F)cc3)nc12. The molecule has 90 valence electrons. The molecular weight excluding hydrogens is 229 g/mol. The minimum absolute atomic E-state index is 0.245. The first-order valence-corrected chi connectivity index (χ1v) is 5.70. The van der Waals surface area contributed by atoms with Gasteiger partial charge in [-0.3, -0.25) is 0 Å². The van der Waals surface area contributed by atoms with E-state index in [1.807, 2.05) is 28.9 Å². The smallest absolute Gasteiger partial charge is 0.141 e. The summed E-state index contributed by atoms with van der Waals surface area (Å²) in [6.07, 6.45) is 3.84. The summed E-state index contributed by atoms with van der Waals surface area (Å²) in [6, 6.07) is 10.2. The normalized spacial score (nSPS) is 11.0. The summed E-state index contributed by atoms with van der Waals surface area (Å²) >= 11 is 0. The van der Waals surface area contributed by atoms with Crippen LogP contribution in [0.15, 0.2) is 48.8 Å². The average Bonchev–Trinajstić information content (AvgIpc) is 2.83. The summed E-state index contributed by atoms with van der Waals surface area (Å²) in [4.78, 5) is 4.54. The lowest BCUT2D eigenvalue weighted by molar-refractivity contribution is 0.628. The van der Waals surface area contributed by atoms with Crippen molar-refractivity contribution >= 4 is 5.65 Å². The number of hydrogen-bond acceptors (Lipinski definition) is 2. The summed E-state index contributed by atoms with van der Waals surface area (Å²) < 4.78 is 14.8. The van der Waals surface area contributed by atoms with Crippen molar-refractivity contribution in [3.63, 3.8) is 0 Å². The number of halogens is 1. The standard InChI is InChI=1S/C14H12FN3/c15-12-5-3-10(4-6-12)13-9-18-7-1-2-11(8-16)14(18)17-13/h1-7,9H,8,16H2. The molecule has 0 amide bonds. The van der Waals surface area contributed by atoms with Gasteiger partial charge in [0.05, 0.1) is 5.69 Å². The minimum Gasteiger partial charge on any atom is -0.326 e. The molecule has 0 spiro atoms. The molecule has 0 saturated heterocycles. The van der Waals surface area contributed by atoms with Crippen LogP contribution in [0.5, 0.6) is 0 Å². The number of aromatic nitrogens is 2. The van der Waals surface area contributed by atoms with E-state index in [2.05, 4.69) is 4.98 Å². The fourth-order valence-corrected chi connectivity index (χ4v) is 1.99. The molecule has 1 aromatic carbocycles. The molecule has 0 atom stereocenters. The fraction of sp³-hybridized carbons (Fsp3) is 0.0714. The van der Waals surface area contributed by atoms with Gasteiger partial charge in [-0.15, -0.1) is 0 Å². The second-order valence-electron chi connectivity index (χ2n) is 4.10. The third-order valence-electron chi connectivity index (χ3n) is 2.92. The van der Waals surface area contributed by atoms with Crippen LogP contribution in [0.3, 0.4) is 0 Å². The second kappa shape index (κ2) is 4.23. The van der Waals surface area contributed by atoms with Gasteiger partial charge < -0.3 is 10.1 Å². The van der Waals surface area contributed by atoms with Crippen LogP contribution < -0.4 is 5.73 Å². The van der Waals surface area contributed by atoms with Crippen molar-refractivity contribution in [2.24, 2.45) is 5.73 Å². The van der Waals surface area contributed by atoms with Gasteiger partial charge in [0.2, 0.25) is 0 Å². The molecule has 0 saturated carbocycles. The summed E-state index contributed by atoms with van der Waals surface area (Å²) in [6.45, 7) is 0.449. The molecule has 3 aromatic rings. The number of hydrogen-bond donors (Lipinski definition) is 1. The Kier molecular flexibility index (Phi) is 2.57. The van der Waals surface area contributed by atoms with Crippen molar-refractivity contribution < 1.29 is 4.39 Å². The van der Waals surface area contributed by atoms with E-state index in [0.29, 0.717) is 6.54 Å². The first-order chi connectivity index (χ1) is 8.78. The molecular formula is C14H12FN3. The zero-order chi connectivity index (χ0) is 12.5. The predicted molar refractivity (Wildman–Crippen MR) is 68.5 cm³/mol. The maximum absolute atomic E-state index is 12.9. The van der Waals surface area contributed by atoms with Gasteiger partial charge in [0.25, 0.3) is 0 Å². The number of rotatable bonds is 2. The Morgan fingerprint density at radius 3 is 2.67 bits per heavy atom. The minimum atomic E-state index is -0.245. The van der Waals surface area contributed by atoms with Gasteiger partial charge in [-0.1, -0.05) is 6.07 Å². The summed E-state index contributed by atoms with van der Waals surface area (Å²) in [5.41, 5.74) is 9.23. The molecule has 2 N–H and O–H groups in total. The highest BCUT2D eigenvalue weighted by atomic mass is 19.1. The van der Waals surface area contributed by atoms with Gasteiger partial charge in [-0.2, -0.15) is 0 Å². The van der Waals surface area contributed by atoms with E-state index in [4.69, 9.17) is 5.73 Å². The number of nitrogens with zero attached hydrogens (tertiary/aromatic N) is 2. The molecule has 0 aliphatic rings. The zero-order valence-electron chi connectivity index (χ0n) is 9.68. The molecule has 0 aliphatic carbocycles. The van der Waals surface area contributed by atoms with Crippen LogP contribution in [-0.4, -0.2) is 9.38 Å². The monoisotopic (exact) mass is 241 g/mol. The highest BCUT2D eigenvalue weighted by Crippen LogP contribution is 2.20. The van der Waals surface area contributed by atoms with Crippen LogP contribution >= 0.6 is 0 Å². The van der Waals surface area contributed by atoms with Crippen LogP contribution in [0.25, 0.3) is 16.9 Å². The Morgan fingerprint density at radius 2 is 1.94 bits per heavy atom. The first-order valence-electron chi connectivity index (χ1n) is 5.70. The molecule has 3 nitrogen and oxygen atoms in total. The number of benzene rings is 1. The Morgan fingerprint density at radius 1 is 1.17 bits per heavy atom. The fourth-order valence-electron chi connectivity index (χ4n) is 1.99. The van der Waals surface area contributed by atoms with Crippen molar-refractivity contribution in [3.05, 3.63) is 60.2 Å². The van der Waals surface area contributed by atoms with Gasteiger partial charge in [-0.25, -0.2) is 9.37 Å². The van der Waals surface area contributed by atoms with Crippen molar-refractivity contribution in [2.45, 2.75) is 6.54 Å². The molecule has 3 rings (SSSR count). The Balaban J connectivity index is 2.16. The summed E-state index contributed by atoms with van der Waals surface area (Å²) in [7, 11) is 0. The molecule has 4 heteroatoms. The van der Waals surface area contributed by atoms with Crippen molar-refractivity contribution in [2.75, 3.05) is 0 Å². The van der Waals surface area contributed by atoms with Crippen molar-refractivity contribution in [1.29, 1.82) is 0 Å². The van der Waals surface area contributed by atoms with Gasteiger partial charge in [0, 0.05) is 30.1 Å². The van der Waals surface area contributed by atoms with E-state index in [1.165, 1.54) is 12.1 Å². The molecule has 0 unspecified atom stereocenters. The van der Waals surface area contributed by atoms with Gasteiger partial charge in [0.1, 0.15) is 11.5 Å². The second-order valence-corrected chi connectivity index (χ2v) is 4.10. The number of nitrogens with two attached hydrogens (primary N) is 1. The van der Waals surface area contributed by atoms with Gasteiger partial charge >= 0.3 is 0 Å². The summed E-state index contributed by atoms with van der Waals surface area (Å²) in [5, 5.41) is 0. The number of pyridine rings is 1. The predicted octanol–water partition coefficient (Wildman–Crippen LogP) is 2.60. The van der Waals surface area contributed by atoms with Crippen LogP contribution in [0.4, 0.5) is 4.39 Å². The molecule has 18 heavy (non-hydrogen) atoms. The first kappa shape index (κ1) is 10.9. The topological polar surface area (TPSA) is 43.3 Å². The summed E-state index contributed by atoms with van der Waals surface area (Å²) in [5.74, 6) is -0.245. The third kappa shape index (κ3) is 1.76. The molecule has 0 radical (unpaired) electrons. The van der Waals surface area contributed by atoms with Crippen LogP contribution in [-0.2, 0) is 6.54 Å². The van der Waals surface area contributed by atoms with Crippen LogP contribution in [0, 0.1) is 5.82 Å². The average molecular weight is 241 g/mol. The molecule has 2 aromatic heterocycles. The maximum Gasteiger partial charge on any atom is 0.141 e. The van der Waals surface area contributed by atoms with Gasteiger partial charge in [0.15, 0.2) is 0 Å². The van der Waals surface area contributed by atoms with E-state index < -0.39 is 0 Å². The van der Waals surface area contributed by atoms with Gasteiger partial charge in [-0.05, 0) is 30.3 Å². The van der Waals surface area contributed by atoms with E-state index in [9.17, 15) is 4.39 Å². The number of imidazole rings is 1. The Bertz CT molecular complexity index is 686. The quantitative estimate of drug-likeness (QED) is 0.749.